The molecule has 1 aromatic heterocycles. The Labute approximate surface area is 173 Å². The van der Waals surface area contributed by atoms with Gasteiger partial charge in [-0.05, 0) is 32.0 Å². The van der Waals surface area contributed by atoms with Crippen LogP contribution in [0.3, 0.4) is 0 Å². The van der Waals surface area contributed by atoms with Crippen molar-refractivity contribution in [2.24, 2.45) is 0 Å². The maximum atomic E-state index is 12.5. The number of sulfonamides is 1. The largest absolute Gasteiger partial charge is 0.328 e. The topological polar surface area (TPSA) is 101 Å². The minimum absolute atomic E-state index is 0.0644. The first-order chi connectivity index (χ1) is 13.1. The number of amides is 1. The summed E-state index contributed by atoms with van der Waals surface area (Å²) >= 11 is 7.16. The van der Waals surface area contributed by atoms with E-state index in [0.717, 1.165) is 16.1 Å². The van der Waals surface area contributed by atoms with Gasteiger partial charge in [0.05, 0.1) is 10.3 Å². The van der Waals surface area contributed by atoms with Crippen molar-refractivity contribution in [2.75, 3.05) is 19.4 Å². The summed E-state index contributed by atoms with van der Waals surface area (Å²) in [5.74, 6) is -0.360. The van der Waals surface area contributed by atoms with Gasteiger partial charge in [0.15, 0.2) is 5.16 Å². The fraction of sp³-hybridized carbons (Fsp3) is 0.353. The molecule has 0 saturated carbocycles. The van der Waals surface area contributed by atoms with Crippen molar-refractivity contribution < 1.29 is 13.2 Å². The molecule has 2 aromatic rings. The SMILES string of the molecule is CCn1ccc(=O)nc1SC(C)C(=O)Nc1ccc(Cl)c(S(=O)(=O)N(C)C)c1. The minimum Gasteiger partial charge on any atom is -0.328 e. The summed E-state index contributed by atoms with van der Waals surface area (Å²) in [7, 11) is -0.954. The van der Waals surface area contributed by atoms with Gasteiger partial charge in [0, 0.05) is 38.6 Å². The first-order valence-corrected chi connectivity index (χ1v) is 11.0. The lowest BCUT2D eigenvalue weighted by Crippen LogP contribution is -2.25. The zero-order chi connectivity index (χ0) is 21.1. The zero-order valence-corrected chi connectivity index (χ0v) is 18.2. The van der Waals surface area contributed by atoms with Gasteiger partial charge in [-0.2, -0.15) is 4.98 Å². The molecule has 152 valence electrons. The summed E-state index contributed by atoms with van der Waals surface area (Å²) in [6.45, 7) is 4.18. The van der Waals surface area contributed by atoms with Crippen molar-refractivity contribution in [2.45, 2.75) is 35.7 Å². The number of carbonyl (C=O) groups is 1. The Morgan fingerprint density at radius 1 is 1.36 bits per heavy atom. The predicted molar refractivity (Wildman–Crippen MR) is 110 cm³/mol. The molecule has 2 rings (SSSR count). The third kappa shape index (κ3) is 5.13. The molecule has 0 saturated heterocycles. The van der Waals surface area contributed by atoms with E-state index in [4.69, 9.17) is 11.6 Å². The van der Waals surface area contributed by atoms with Gasteiger partial charge in [-0.1, -0.05) is 23.4 Å². The number of aromatic nitrogens is 2. The molecule has 1 atom stereocenters. The van der Waals surface area contributed by atoms with Crippen molar-refractivity contribution in [1.29, 1.82) is 0 Å². The maximum Gasteiger partial charge on any atom is 0.273 e. The van der Waals surface area contributed by atoms with Gasteiger partial charge in [0.25, 0.3) is 5.56 Å². The molecule has 1 heterocycles. The van der Waals surface area contributed by atoms with E-state index in [-0.39, 0.29) is 21.4 Å². The van der Waals surface area contributed by atoms with Crippen LogP contribution in [0.2, 0.25) is 5.02 Å². The lowest BCUT2D eigenvalue weighted by molar-refractivity contribution is -0.115. The van der Waals surface area contributed by atoms with Crippen LogP contribution in [0.1, 0.15) is 13.8 Å². The Balaban J connectivity index is 2.21. The summed E-state index contributed by atoms with van der Waals surface area (Å²) < 4.78 is 27.5. The van der Waals surface area contributed by atoms with E-state index in [1.54, 1.807) is 17.7 Å². The van der Waals surface area contributed by atoms with Gasteiger partial charge in [0.1, 0.15) is 4.90 Å². The molecule has 0 fully saturated rings. The molecule has 0 bridgehead atoms. The number of rotatable bonds is 7. The molecule has 0 radical (unpaired) electrons. The molecule has 1 aromatic carbocycles. The molecule has 0 aliphatic carbocycles. The zero-order valence-electron chi connectivity index (χ0n) is 15.8. The number of halogens is 1. The van der Waals surface area contributed by atoms with E-state index in [2.05, 4.69) is 10.3 Å². The van der Waals surface area contributed by atoms with Crippen LogP contribution in [-0.2, 0) is 21.4 Å². The number of hydrogen-bond acceptors (Lipinski definition) is 6. The number of aryl methyl sites for hydroxylation is 1. The maximum absolute atomic E-state index is 12.5. The number of nitrogens with one attached hydrogen (secondary N) is 1. The highest BCUT2D eigenvalue weighted by molar-refractivity contribution is 8.00. The molecular formula is C17H21ClN4O4S2. The van der Waals surface area contributed by atoms with E-state index in [9.17, 15) is 18.0 Å². The Bertz CT molecular complexity index is 1040. The number of hydrogen-bond donors (Lipinski definition) is 1. The average molecular weight is 445 g/mol. The molecule has 0 aliphatic rings. The molecule has 11 heteroatoms. The highest BCUT2D eigenvalue weighted by Gasteiger charge is 2.23. The lowest BCUT2D eigenvalue weighted by atomic mass is 10.3. The molecule has 0 spiro atoms. The highest BCUT2D eigenvalue weighted by atomic mass is 35.5. The van der Waals surface area contributed by atoms with Crippen molar-refractivity contribution >= 4 is 45.0 Å². The molecule has 0 aliphatic heterocycles. The first kappa shape index (κ1) is 22.4. The Morgan fingerprint density at radius 2 is 2.04 bits per heavy atom. The molecule has 1 amide bonds. The van der Waals surface area contributed by atoms with E-state index < -0.39 is 15.3 Å². The monoisotopic (exact) mass is 444 g/mol. The second-order valence-corrected chi connectivity index (χ2v) is 9.85. The van der Waals surface area contributed by atoms with Crippen molar-refractivity contribution in [3.8, 4) is 0 Å². The number of anilines is 1. The molecule has 28 heavy (non-hydrogen) atoms. The fourth-order valence-electron chi connectivity index (χ4n) is 2.18. The smallest absolute Gasteiger partial charge is 0.273 e. The van der Waals surface area contributed by atoms with Crippen LogP contribution in [0.25, 0.3) is 0 Å². The second-order valence-electron chi connectivity index (χ2n) is 6.02. The summed E-state index contributed by atoms with van der Waals surface area (Å²) in [6.07, 6.45) is 1.62. The van der Waals surface area contributed by atoms with E-state index in [0.29, 0.717) is 17.4 Å². The third-order valence-electron chi connectivity index (χ3n) is 3.80. The summed E-state index contributed by atoms with van der Waals surface area (Å²) in [5, 5.41) is 2.60. The average Bonchev–Trinajstić information content (AvgIpc) is 2.63. The van der Waals surface area contributed by atoms with Gasteiger partial charge in [-0.3, -0.25) is 9.59 Å². The summed E-state index contributed by atoms with van der Waals surface area (Å²) in [6, 6.07) is 5.61. The van der Waals surface area contributed by atoms with Crippen LogP contribution < -0.4 is 10.9 Å². The van der Waals surface area contributed by atoms with E-state index in [1.165, 1.54) is 38.4 Å². The minimum atomic E-state index is -3.75. The third-order valence-corrected chi connectivity index (χ3v) is 7.20. The van der Waals surface area contributed by atoms with Gasteiger partial charge >= 0.3 is 0 Å². The first-order valence-electron chi connectivity index (χ1n) is 8.33. The number of nitrogens with zero attached hydrogens (tertiary/aromatic N) is 3. The van der Waals surface area contributed by atoms with Crippen molar-refractivity contribution in [3.05, 3.63) is 45.8 Å². The standard InChI is InChI=1S/C17H21ClN4O4S2/c1-5-22-9-8-15(23)20-17(22)27-11(2)16(24)19-12-6-7-13(18)14(10-12)28(25,26)21(3)4/h6-11H,5H2,1-4H3,(H,19,24). The Morgan fingerprint density at radius 3 is 2.64 bits per heavy atom. The van der Waals surface area contributed by atoms with Crippen LogP contribution in [0.4, 0.5) is 5.69 Å². The van der Waals surface area contributed by atoms with Crippen LogP contribution in [0.5, 0.6) is 0 Å². The Hall–Kier alpha value is -1.88. The van der Waals surface area contributed by atoms with Crippen LogP contribution in [0.15, 0.2) is 45.3 Å². The Kier molecular flexibility index (Phi) is 7.27. The number of benzene rings is 1. The van der Waals surface area contributed by atoms with Crippen molar-refractivity contribution in [1.82, 2.24) is 13.9 Å². The van der Waals surface area contributed by atoms with Gasteiger partial charge in [-0.15, -0.1) is 0 Å². The normalized spacial score (nSPS) is 12.8. The van der Waals surface area contributed by atoms with Gasteiger partial charge < -0.3 is 9.88 Å². The van der Waals surface area contributed by atoms with E-state index in [1.807, 2.05) is 6.92 Å². The van der Waals surface area contributed by atoms with Gasteiger partial charge in [-0.25, -0.2) is 12.7 Å². The molecule has 8 nitrogen and oxygen atoms in total. The summed E-state index contributed by atoms with van der Waals surface area (Å²) in [5.41, 5.74) is -0.0766. The predicted octanol–water partition coefficient (Wildman–Crippen LogP) is 2.29. The fourth-order valence-corrected chi connectivity index (χ4v) is 4.52. The number of thioether (sulfide) groups is 1. The molecule has 1 unspecified atom stereocenters. The van der Waals surface area contributed by atoms with E-state index >= 15 is 0 Å². The van der Waals surface area contributed by atoms with Crippen molar-refractivity contribution in [3.63, 3.8) is 0 Å². The number of carbonyl (C=O) groups excluding carboxylic acids is 1. The van der Waals surface area contributed by atoms with Crippen LogP contribution in [0, 0.1) is 0 Å². The lowest BCUT2D eigenvalue weighted by Gasteiger charge is -2.16. The second kappa shape index (κ2) is 9.08. The van der Waals surface area contributed by atoms with Crippen LogP contribution >= 0.6 is 23.4 Å². The molecule has 1 N–H and O–H groups in total. The highest BCUT2D eigenvalue weighted by Crippen LogP contribution is 2.28. The van der Waals surface area contributed by atoms with Crippen LogP contribution in [-0.4, -0.2) is 47.5 Å². The molecular weight excluding hydrogens is 424 g/mol. The van der Waals surface area contributed by atoms with Gasteiger partial charge in [0.2, 0.25) is 15.9 Å². The summed E-state index contributed by atoms with van der Waals surface area (Å²) in [4.78, 5) is 27.9. The quantitative estimate of drug-likeness (QED) is 0.519.